The molecule has 3 aromatic rings. The number of ether oxygens (including phenoxy) is 1. The van der Waals surface area contributed by atoms with Gasteiger partial charge >= 0.3 is 0 Å². The van der Waals surface area contributed by atoms with Crippen molar-refractivity contribution in [3.05, 3.63) is 51.9 Å². The van der Waals surface area contributed by atoms with Gasteiger partial charge in [-0.15, -0.1) is 0 Å². The quantitative estimate of drug-likeness (QED) is 0.508. The Bertz CT molecular complexity index is 1260. The molecule has 1 saturated heterocycles. The van der Waals surface area contributed by atoms with Gasteiger partial charge in [0.05, 0.1) is 18.2 Å². The van der Waals surface area contributed by atoms with Gasteiger partial charge in [0.2, 0.25) is 5.91 Å². The van der Waals surface area contributed by atoms with Crippen LogP contribution in [0.1, 0.15) is 39.5 Å². The first kappa shape index (κ1) is 25.1. The van der Waals surface area contributed by atoms with Gasteiger partial charge in [0, 0.05) is 22.7 Å². The number of benzene rings is 1. The first-order chi connectivity index (χ1) is 16.8. The highest BCUT2D eigenvalue weighted by molar-refractivity contribution is 6.30. The predicted octanol–water partition coefficient (Wildman–Crippen LogP) is 3.89. The Hall–Kier alpha value is -2.97. The van der Waals surface area contributed by atoms with Crippen molar-refractivity contribution >= 4 is 28.5 Å². The molecule has 1 unspecified atom stereocenters. The van der Waals surface area contributed by atoms with E-state index in [9.17, 15) is 9.59 Å². The second-order valence-electron chi connectivity index (χ2n) is 9.37. The van der Waals surface area contributed by atoms with Gasteiger partial charge in [0.25, 0.3) is 5.56 Å². The number of carbonyl (C=O) groups excluding carboxylic acids is 1. The first-order valence-electron chi connectivity index (χ1n) is 12.1. The molecule has 0 saturated carbocycles. The molecule has 1 fully saturated rings. The van der Waals surface area contributed by atoms with Gasteiger partial charge in [0.15, 0.2) is 5.65 Å². The maximum absolute atomic E-state index is 13.6. The minimum Gasteiger partial charge on any atom is -0.492 e. The number of aromatic nitrogens is 3. The van der Waals surface area contributed by atoms with E-state index in [0.29, 0.717) is 45.8 Å². The van der Waals surface area contributed by atoms with Crippen LogP contribution in [-0.4, -0.2) is 57.6 Å². The molecule has 0 radical (unpaired) electrons. The van der Waals surface area contributed by atoms with Crippen molar-refractivity contribution in [2.75, 3.05) is 20.2 Å². The molecular formula is C26H32ClN5O3. The van der Waals surface area contributed by atoms with Crippen LogP contribution in [0, 0.1) is 0 Å². The highest BCUT2D eigenvalue weighted by atomic mass is 35.5. The largest absolute Gasteiger partial charge is 0.492 e. The molecule has 1 amide bonds. The predicted molar refractivity (Wildman–Crippen MR) is 138 cm³/mol. The number of amides is 1. The molecule has 35 heavy (non-hydrogen) atoms. The lowest BCUT2D eigenvalue weighted by Gasteiger charge is -2.32. The molecule has 3 heterocycles. The molecule has 186 valence electrons. The topological polar surface area (TPSA) is 89.3 Å². The molecule has 8 nitrogen and oxygen atoms in total. The SMILES string of the molecule is CC(C)NC(=O)Cn1c(-c2cccc(Cl)c2)nc2ncc(OCCC3CCCCN3C)cc2c1=O. The summed E-state index contributed by atoms with van der Waals surface area (Å²) in [6.45, 7) is 5.24. The number of halogens is 1. The van der Waals surface area contributed by atoms with Crippen LogP contribution in [0.2, 0.25) is 5.02 Å². The minimum absolute atomic E-state index is 0.0499. The monoisotopic (exact) mass is 497 g/mol. The van der Waals surface area contributed by atoms with Gasteiger partial charge in [-0.2, -0.15) is 0 Å². The molecule has 9 heteroatoms. The van der Waals surface area contributed by atoms with Crippen LogP contribution in [0.25, 0.3) is 22.4 Å². The Morgan fingerprint density at radius 1 is 1.29 bits per heavy atom. The van der Waals surface area contributed by atoms with Crippen molar-refractivity contribution < 1.29 is 9.53 Å². The zero-order valence-corrected chi connectivity index (χ0v) is 21.2. The Labute approximate surface area is 210 Å². The van der Waals surface area contributed by atoms with Gasteiger partial charge in [-0.3, -0.25) is 14.2 Å². The number of hydrogen-bond acceptors (Lipinski definition) is 6. The van der Waals surface area contributed by atoms with Crippen molar-refractivity contribution in [1.29, 1.82) is 0 Å². The average Bonchev–Trinajstić information content (AvgIpc) is 2.82. The fourth-order valence-corrected chi connectivity index (χ4v) is 4.68. The van der Waals surface area contributed by atoms with Gasteiger partial charge in [-0.1, -0.05) is 30.2 Å². The molecule has 1 N–H and O–H groups in total. The minimum atomic E-state index is -0.353. The highest BCUT2D eigenvalue weighted by Crippen LogP contribution is 2.24. The van der Waals surface area contributed by atoms with Crippen LogP contribution in [0.4, 0.5) is 0 Å². The number of likely N-dealkylation sites (tertiary alicyclic amines) is 1. The lowest BCUT2D eigenvalue weighted by atomic mass is 10.0. The van der Waals surface area contributed by atoms with E-state index < -0.39 is 0 Å². The van der Waals surface area contributed by atoms with Crippen molar-refractivity contribution in [2.45, 2.75) is 58.2 Å². The zero-order valence-electron chi connectivity index (χ0n) is 20.5. The van der Waals surface area contributed by atoms with Crippen LogP contribution >= 0.6 is 11.6 Å². The molecule has 0 spiro atoms. The van der Waals surface area contributed by atoms with E-state index >= 15 is 0 Å². The van der Waals surface area contributed by atoms with E-state index in [1.54, 1.807) is 36.5 Å². The third kappa shape index (κ3) is 6.18. The fraction of sp³-hybridized carbons (Fsp3) is 0.462. The number of fused-ring (bicyclic) bond motifs is 1. The normalized spacial score (nSPS) is 16.5. The van der Waals surface area contributed by atoms with Gasteiger partial charge in [0.1, 0.15) is 18.1 Å². The average molecular weight is 498 g/mol. The maximum Gasteiger partial charge on any atom is 0.263 e. The van der Waals surface area contributed by atoms with Crippen LogP contribution < -0.4 is 15.6 Å². The number of nitrogens with zero attached hydrogens (tertiary/aromatic N) is 4. The molecule has 4 rings (SSSR count). The summed E-state index contributed by atoms with van der Waals surface area (Å²) < 4.78 is 7.33. The van der Waals surface area contributed by atoms with Crippen molar-refractivity contribution in [1.82, 2.24) is 24.8 Å². The summed E-state index contributed by atoms with van der Waals surface area (Å²) in [5, 5.41) is 3.65. The summed E-state index contributed by atoms with van der Waals surface area (Å²) in [7, 11) is 2.16. The number of pyridine rings is 1. The third-order valence-electron chi connectivity index (χ3n) is 6.26. The van der Waals surface area contributed by atoms with E-state index in [1.165, 1.54) is 23.8 Å². The number of piperidine rings is 1. The summed E-state index contributed by atoms with van der Waals surface area (Å²) in [4.78, 5) is 37.6. The molecule has 1 aromatic carbocycles. The zero-order chi connectivity index (χ0) is 24.9. The van der Waals surface area contributed by atoms with Gasteiger partial charge < -0.3 is 15.0 Å². The third-order valence-corrected chi connectivity index (χ3v) is 6.50. The molecule has 1 atom stereocenters. The number of hydrogen-bond donors (Lipinski definition) is 1. The van der Waals surface area contributed by atoms with Gasteiger partial charge in [-0.05, 0) is 64.9 Å². The summed E-state index contributed by atoms with van der Waals surface area (Å²) in [5.74, 6) is 0.581. The lowest BCUT2D eigenvalue weighted by molar-refractivity contribution is -0.122. The Morgan fingerprint density at radius 2 is 2.11 bits per heavy atom. The molecule has 1 aliphatic rings. The standard InChI is InChI=1S/C26H32ClN5O3/c1-17(2)29-23(33)16-32-25(18-7-6-8-19(27)13-18)30-24-22(26(32)34)14-21(15-28-24)35-12-10-20-9-4-5-11-31(20)3/h6-8,13-15,17,20H,4-5,9-12,16H2,1-3H3,(H,29,33). The fourth-order valence-electron chi connectivity index (χ4n) is 4.49. The number of carbonyl (C=O) groups is 1. The Morgan fingerprint density at radius 3 is 2.86 bits per heavy atom. The first-order valence-corrected chi connectivity index (χ1v) is 12.5. The van der Waals surface area contributed by atoms with Crippen molar-refractivity contribution in [3.63, 3.8) is 0 Å². The Kier molecular flexibility index (Phi) is 8.03. The molecule has 1 aliphatic heterocycles. The van der Waals surface area contributed by atoms with Crippen molar-refractivity contribution in [2.24, 2.45) is 0 Å². The second-order valence-corrected chi connectivity index (χ2v) is 9.81. The lowest BCUT2D eigenvalue weighted by Crippen LogP contribution is -2.37. The van der Waals surface area contributed by atoms with Crippen LogP contribution in [-0.2, 0) is 11.3 Å². The van der Waals surface area contributed by atoms with E-state index in [4.69, 9.17) is 16.3 Å². The van der Waals surface area contributed by atoms with Crippen LogP contribution in [0.3, 0.4) is 0 Å². The van der Waals surface area contributed by atoms with Gasteiger partial charge in [-0.25, -0.2) is 9.97 Å². The van der Waals surface area contributed by atoms with E-state index in [2.05, 4.69) is 27.2 Å². The molecule has 0 bridgehead atoms. The van der Waals surface area contributed by atoms with E-state index in [0.717, 1.165) is 13.0 Å². The summed E-state index contributed by atoms with van der Waals surface area (Å²) in [6.07, 6.45) is 6.18. The summed E-state index contributed by atoms with van der Waals surface area (Å²) in [6, 6.07) is 9.16. The van der Waals surface area contributed by atoms with Crippen LogP contribution in [0.5, 0.6) is 5.75 Å². The second kappa shape index (κ2) is 11.2. The van der Waals surface area contributed by atoms with E-state index in [-0.39, 0.29) is 24.1 Å². The number of rotatable bonds is 8. The maximum atomic E-state index is 13.6. The van der Waals surface area contributed by atoms with Crippen LogP contribution in [0.15, 0.2) is 41.3 Å². The summed E-state index contributed by atoms with van der Waals surface area (Å²) >= 11 is 6.18. The van der Waals surface area contributed by atoms with Crippen molar-refractivity contribution in [3.8, 4) is 17.1 Å². The summed E-state index contributed by atoms with van der Waals surface area (Å²) in [5.41, 5.74) is 0.575. The molecular weight excluding hydrogens is 466 g/mol. The Balaban J connectivity index is 1.65. The van der Waals surface area contributed by atoms with E-state index in [1.807, 2.05) is 13.8 Å². The molecule has 2 aromatic heterocycles. The number of nitrogens with one attached hydrogen (secondary N) is 1. The highest BCUT2D eigenvalue weighted by Gasteiger charge is 2.20. The molecule has 0 aliphatic carbocycles. The smallest absolute Gasteiger partial charge is 0.263 e.